The molecule has 0 radical (unpaired) electrons. The van der Waals surface area contributed by atoms with Crippen molar-refractivity contribution in [2.24, 2.45) is 0 Å². The third-order valence-corrected chi connectivity index (χ3v) is 4.11. The Kier molecular flexibility index (Phi) is 5.19. The molecule has 1 aromatic carbocycles. The number of urea groups is 1. The number of carbonyl (C=O) groups excluding carboxylic acids is 1. The highest BCUT2D eigenvalue weighted by molar-refractivity contribution is 7.07. The summed E-state index contributed by atoms with van der Waals surface area (Å²) in [6.45, 7) is 0.656. The quantitative estimate of drug-likeness (QED) is 0.720. The minimum absolute atomic E-state index is 0.0819. The number of rotatable bonds is 6. The van der Waals surface area contributed by atoms with Gasteiger partial charge in [0.2, 0.25) is 0 Å². The number of nitrogens with one attached hydrogen (secondary N) is 1. The third kappa shape index (κ3) is 3.98. The molecule has 24 heavy (non-hydrogen) atoms. The van der Waals surface area contributed by atoms with E-state index in [2.05, 4.69) is 15.5 Å². The first kappa shape index (κ1) is 16.2. The lowest BCUT2D eigenvalue weighted by atomic mass is 10.3. The van der Waals surface area contributed by atoms with Gasteiger partial charge in [-0.25, -0.2) is 4.79 Å². The first-order valence-corrected chi connectivity index (χ1v) is 8.35. The number of aliphatic hydroxyl groups excluding tert-OH is 1. The van der Waals surface area contributed by atoms with Crippen molar-refractivity contribution in [3.05, 3.63) is 59.0 Å². The maximum absolute atomic E-state index is 12.4. The summed E-state index contributed by atoms with van der Waals surface area (Å²) in [6.07, 6.45) is 3.21. The van der Waals surface area contributed by atoms with E-state index in [1.54, 1.807) is 40.8 Å². The second-order valence-electron chi connectivity index (χ2n) is 5.07. The van der Waals surface area contributed by atoms with Crippen LogP contribution in [0.15, 0.2) is 53.5 Å². The SMILES string of the molecule is O=C(Nc1ccc(-n2nccn2)cc1)N(CCO)Cc1ccsc1. The predicted octanol–water partition coefficient (Wildman–Crippen LogP) is 2.36. The van der Waals surface area contributed by atoms with Gasteiger partial charge in [0.1, 0.15) is 0 Å². The third-order valence-electron chi connectivity index (χ3n) is 3.38. The lowest BCUT2D eigenvalue weighted by Gasteiger charge is -2.21. The second-order valence-corrected chi connectivity index (χ2v) is 5.85. The summed E-state index contributed by atoms with van der Waals surface area (Å²) >= 11 is 1.58. The fourth-order valence-corrected chi connectivity index (χ4v) is 2.87. The maximum atomic E-state index is 12.4. The zero-order valence-electron chi connectivity index (χ0n) is 12.9. The molecule has 0 aliphatic rings. The Balaban J connectivity index is 1.65. The van der Waals surface area contributed by atoms with Gasteiger partial charge in [-0.2, -0.15) is 26.3 Å². The summed E-state index contributed by atoms with van der Waals surface area (Å²) in [7, 11) is 0. The number of amides is 2. The molecule has 0 saturated carbocycles. The van der Waals surface area contributed by atoms with Crippen LogP contribution in [0.25, 0.3) is 5.69 Å². The Morgan fingerprint density at radius 2 is 1.96 bits per heavy atom. The molecule has 0 spiro atoms. The molecule has 7 nitrogen and oxygen atoms in total. The zero-order chi connectivity index (χ0) is 16.8. The van der Waals surface area contributed by atoms with E-state index < -0.39 is 0 Å². The molecule has 2 N–H and O–H groups in total. The van der Waals surface area contributed by atoms with Crippen LogP contribution in [0.5, 0.6) is 0 Å². The Morgan fingerprint density at radius 1 is 1.21 bits per heavy atom. The van der Waals surface area contributed by atoms with Crippen LogP contribution < -0.4 is 5.32 Å². The van der Waals surface area contributed by atoms with Gasteiger partial charge in [0.25, 0.3) is 0 Å². The second kappa shape index (κ2) is 7.71. The number of anilines is 1. The summed E-state index contributed by atoms with van der Waals surface area (Å²) in [5.74, 6) is 0. The van der Waals surface area contributed by atoms with E-state index in [-0.39, 0.29) is 19.2 Å². The predicted molar refractivity (Wildman–Crippen MR) is 92.2 cm³/mol. The molecule has 2 amide bonds. The number of carbonyl (C=O) groups is 1. The van der Waals surface area contributed by atoms with Gasteiger partial charge < -0.3 is 15.3 Å². The molecule has 2 aromatic heterocycles. The molecule has 0 aliphatic carbocycles. The fraction of sp³-hybridized carbons (Fsp3) is 0.188. The van der Waals surface area contributed by atoms with Crippen molar-refractivity contribution >= 4 is 23.1 Å². The molecule has 8 heteroatoms. The highest BCUT2D eigenvalue weighted by Crippen LogP contribution is 2.14. The molecule has 0 saturated heterocycles. The van der Waals surface area contributed by atoms with E-state index in [1.807, 2.05) is 29.0 Å². The minimum atomic E-state index is -0.250. The first-order chi connectivity index (χ1) is 11.8. The van der Waals surface area contributed by atoms with Crippen molar-refractivity contribution in [1.82, 2.24) is 19.9 Å². The summed E-state index contributed by atoms with van der Waals surface area (Å²) < 4.78 is 0. The van der Waals surface area contributed by atoms with E-state index in [0.717, 1.165) is 11.3 Å². The van der Waals surface area contributed by atoms with Gasteiger partial charge >= 0.3 is 6.03 Å². The lowest BCUT2D eigenvalue weighted by Crippen LogP contribution is -2.36. The van der Waals surface area contributed by atoms with Crippen LogP contribution in [0, 0.1) is 0 Å². The Labute approximate surface area is 143 Å². The van der Waals surface area contributed by atoms with Crippen LogP contribution in [-0.4, -0.2) is 44.2 Å². The maximum Gasteiger partial charge on any atom is 0.322 e. The van der Waals surface area contributed by atoms with Gasteiger partial charge in [0, 0.05) is 18.8 Å². The average Bonchev–Trinajstić information content (AvgIpc) is 3.29. The van der Waals surface area contributed by atoms with E-state index >= 15 is 0 Å². The van der Waals surface area contributed by atoms with Gasteiger partial charge in [0.15, 0.2) is 0 Å². The lowest BCUT2D eigenvalue weighted by molar-refractivity contribution is 0.185. The number of hydrogen-bond donors (Lipinski definition) is 2. The Hall–Kier alpha value is -2.71. The fourth-order valence-electron chi connectivity index (χ4n) is 2.21. The van der Waals surface area contributed by atoms with Gasteiger partial charge in [0.05, 0.1) is 24.7 Å². The summed E-state index contributed by atoms with van der Waals surface area (Å²) in [4.78, 5) is 15.5. The highest BCUT2D eigenvalue weighted by Gasteiger charge is 2.14. The summed E-state index contributed by atoms with van der Waals surface area (Å²) in [5.41, 5.74) is 2.52. The van der Waals surface area contributed by atoms with E-state index in [0.29, 0.717) is 12.2 Å². The number of aromatic nitrogens is 3. The summed E-state index contributed by atoms with van der Waals surface area (Å²) in [5, 5.41) is 24.1. The molecule has 3 aromatic rings. The molecular weight excluding hydrogens is 326 g/mol. The largest absolute Gasteiger partial charge is 0.395 e. The zero-order valence-corrected chi connectivity index (χ0v) is 13.7. The Morgan fingerprint density at radius 3 is 2.58 bits per heavy atom. The standard InChI is InChI=1S/C16H17N5O2S/c22-9-8-20(11-13-5-10-24-12-13)16(23)19-14-1-3-15(4-2-14)21-17-6-7-18-21/h1-7,10,12,22H,8-9,11H2,(H,19,23). The van der Waals surface area contributed by atoms with Crippen molar-refractivity contribution in [2.45, 2.75) is 6.54 Å². The molecule has 0 bridgehead atoms. The van der Waals surface area contributed by atoms with Gasteiger partial charge in [-0.05, 0) is 46.7 Å². The van der Waals surface area contributed by atoms with Crippen molar-refractivity contribution < 1.29 is 9.90 Å². The number of thiophene rings is 1. The monoisotopic (exact) mass is 343 g/mol. The molecule has 124 valence electrons. The van der Waals surface area contributed by atoms with Gasteiger partial charge in [-0.15, -0.1) is 0 Å². The molecule has 0 atom stereocenters. The Bertz CT molecular complexity index is 756. The van der Waals surface area contributed by atoms with Gasteiger partial charge in [-0.1, -0.05) is 0 Å². The van der Waals surface area contributed by atoms with E-state index in [1.165, 1.54) is 4.80 Å². The molecule has 0 aliphatic heterocycles. The average molecular weight is 343 g/mol. The van der Waals surface area contributed by atoms with Crippen LogP contribution in [0.1, 0.15) is 5.56 Å². The van der Waals surface area contributed by atoms with Crippen molar-refractivity contribution in [3.63, 3.8) is 0 Å². The van der Waals surface area contributed by atoms with Crippen LogP contribution >= 0.6 is 11.3 Å². The van der Waals surface area contributed by atoms with Crippen LogP contribution in [0.4, 0.5) is 10.5 Å². The van der Waals surface area contributed by atoms with Crippen molar-refractivity contribution in [3.8, 4) is 5.69 Å². The molecule has 0 fully saturated rings. The number of hydrogen-bond acceptors (Lipinski definition) is 5. The number of aliphatic hydroxyl groups is 1. The normalized spacial score (nSPS) is 10.5. The van der Waals surface area contributed by atoms with Crippen molar-refractivity contribution in [1.29, 1.82) is 0 Å². The van der Waals surface area contributed by atoms with E-state index in [9.17, 15) is 9.90 Å². The van der Waals surface area contributed by atoms with Crippen LogP contribution in [-0.2, 0) is 6.54 Å². The summed E-state index contributed by atoms with van der Waals surface area (Å²) in [6, 6.07) is 8.95. The van der Waals surface area contributed by atoms with E-state index in [4.69, 9.17) is 0 Å². The number of benzene rings is 1. The topological polar surface area (TPSA) is 83.3 Å². The minimum Gasteiger partial charge on any atom is -0.395 e. The molecule has 2 heterocycles. The highest BCUT2D eigenvalue weighted by atomic mass is 32.1. The molecule has 0 unspecified atom stereocenters. The molecular formula is C16H17N5O2S. The first-order valence-electron chi connectivity index (χ1n) is 7.41. The van der Waals surface area contributed by atoms with Crippen molar-refractivity contribution in [2.75, 3.05) is 18.5 Å². The van der Waals surface area contributed by atoms with Crippen LogP contribution in [0.3, 0.4) is 0 Å². The number of nitrogens with zero attached hydrogens (tertiary/aromatic N) is 4. The molecule has 3 rings (SSSR count). The van der Waals surface area contributed by atoms with Crippen LogP contribution in [0.2, 0.25) is 0 Å². The smallest absolute Gasteiger partial charge is 0.322 e. The van der Waals surface area contributed by atoms with Gasteiger partial charge in [-0.3, -0.25) is 0 Å².